The van der Waals surface area contributed by atoms with Gasteiger partial charge in [0.1, 0.15) is 0 Å². The van der Waals surface area contributed by atoms with Gasteiger partial charge < -0.3 is 5.32 Å². The van der Waals surface area contributed by atoms with Gasteiger partial charge in [-0.05, 0) is 29.8 Å². The largest absolute Gasteiger partial charge is 0.316 e. The third-order valence-corrected chi connectivity index (χ3v) is 3.56. The Labute approximate surface area is 114 Å². The van der Waals surface area contributed by atoms with Crippen molar-refractivity contribution in [1.82, 2.24) is 15.2 Å². The Hall–Kier alpha value is -1.71. The summed E-state index contributed by atoms with van der Waals surface area (Å²) in [6.07, 6.45) is 1.97. The van der Waals surface area contributed by atoms with E-state index in [4.69, 9.17) is 0 Å². The Morgan fingerprint density at radius 2 is 1.84 bits per heavy atom. The summed E-state index contributed by atoms with van der Waals surface area (Å²) in [6, 6.07) is 13.0. The van der Waals surface area contributed by atoms with Gasteiger partial charge in [0.2, 0.25) is 0 Å². The number of hydrogen-bond acceptors (Lipinski definition) is 3. The zero-order chi connectivity index (χ0) is 13.1. The maximum absolute atomic E-state index is 4.54. The van der Waals surface area contributed by atoms with Crippen molar-refractivity contribution in [2.75, 3.05) is 7.05 Å². The molecule has 3 heteroatoms. The lowest BCUT2D eigenvalue weighted by Crippen LogP contribution is -2.16. The summed E-state index contributed by atoms with van der Waals surface area (Å²) in [6.45, 7) is 3.88. The third kappa shape index (κ3) is 2.83. The number of pyridine rings is 1. The highest BCUT2D eigenvalue weighted by Crippen LogP contribution is 2.23. The van der Waals surface area contributed by atoms with E-state index in [0.717, 1.165) is 31.9 Å². The second-order valence-electron chi connectivity index (χ2n) is 5.10. The highest BCUT2D eigenvalue weighted by Gasteiger charge is 2.18. The monoisotopic (exact) mass is 253 g/mol. The molecule has 19 heavy (non-hydrogen) atoms. The molecular formula is C16H19N3. The molecule has 0 radical (unpaired) electrons. The van der Waals surface area contributed by atoms with Gasteiger partial charge in [0, 0.05) is 32.4 Å². The van der Waals surface area contributed by atoms with Crippen LogP contribution in [-0.2, 0) is 26.2 Å². The summed E-state index contributed by atoms with van der Waals surface area (Å²) in [7, 11) is 1.95. The van der Waals surface area contributed by atoms with Crippen molar-refractivity contribution in [2.24, 2.45) is 0 Å². The summed E-state index contributed by atoms with van der Waals surface area (Å²) in [4.78, 5) is 6.98. The van der Waals surface area contributed by atoms with E-state index in [1.54, 1.807) is 0 Å². The molecule has 0 saturated heterocycles. The number of nitrogens with one attached hydrogen (secondary N) is 1. The molecule has 0 amide bonds. The van der Waals surface area contributed by atoms with E-state index in [0.29, 0.717) is 0 Å². The molecule has 1 aromatic heterocycles. The van der Waals surface area contributed by atoms with Crippen LogP contribution in [0, 0.1) is 0 Å². The minimum Gasteiger partial charge on any atom is -0.316 e. The highest BCUT2D eigenvalue weighted by molar-refractivity contribution is 5.30. The number of hydrogen-bond donors (Lipinski definition) is 1. The molecule has 0 fully saturated rings. The van der Waals surface area contributed by atoms with E-state index in [2.05, 4.69) is 51.6 Å². The molecule has 0 atom stereocenters. The summed E-state index contributed by atoms with van der Waals surface area (Å²) in [5.74, 6) is 0. The first-order valence-corrected chi connectivity index (χ1v) is 6.72. The molecule has 1 N–H and O–H groups in total. The molecule has 0 saturated carbocycles. The van der Waals surface area contributed by atoms with Crippen LogP contribution in [0.1, 0.15) is 22.4 Å². The molecule has 1 aromatic carbocycles. The number of aromatic nitrogens is 1. The lowest BCUT2D eigenvalue weighted by Gasteiger charge is -2.14. The average Bonchev–Trinajstić information content (AvgIpc) is 2.83. The molecule has 0 spiro atoms. The maximum Gasteiger partial charge on any atom is 0.0544 e. The molecule has 1 aliphatic rings. The van der Waals surface area contributed by atoms with E-state index < -0.39 is 0 Å². The smallest absolute Gasteiger partial charge is 0.0544 e. The molecule has 3 rings (SSSR count). The molecular weight excluding hydrogens is 234 g/mol. The van der Waals surface area contributed by atoms with Crippen LogP contribution in [0.25, 0.3) is 0 Å². The molecule has 2 heterocycles. The Bertz CT molecular complexity index is 523. The van der Waals surface area contributed by atoms with Gasteiger partial charge in [-0.1, -0.05) is 30.3 Å². The number of benzene rings is 1. The molecule has 2 aromatic rings. The topological polar surface area (TPSA) is 28.2 Å². The van der Waals surface area contributed by atoms with Gasteiger partial charge in [-0.2, -0.15) is 0 Å². The fourth-order valence-corrected chi connectivity index (χ4v) is 2.60. The van der Waals surface area contributed by atoms with E-state index >= 15 is 0 Å². The van der Waals surface area contributed by atoms with Crippen molar-refractivity contribution in [3.05, 3.63) is 65.0 Å². The van der Waals surface area contributed by atoms with Crippen LogP contribution in [0.4, 0.5) is 0 Å². The number of rotatable bonds is 4. The quantitative estimate of drug-likeness (QED) is 0.906. The Balaban J connectivity index is 1.64. The first-order valence-electron chi connectivity index (χ1n) is 6.72. The average molecular weight is 253 g/mol. The van der Waals surface area contributed by atoms with Gasteiger partial charge >= 0.3 is 0 Å². The van der Waals surface area contributed by atoms with Crippen molar-refractivity contribution < 1.29 is 0 Å². The summed E-state index contributed by atoms with van der Waals surface area (Å²) in [5, 5.41) is 3.14. The second-order valence-corrected chi connectivity index (χ2v) is 5.10. The van der Waals surface area contributed by atoms with Crippen LogP contribution in [0.5, 0.6) is 0 Å². The second kappa shape index (κ2) is 5.51. The van der Waals surface area contributed by atoms with E-state index in [9.17, 15) is 0 Å². The lowest BCUT2D eigenvalue weighted by molar-refractivity contribution is 0.272. The fraction of sp³-hybridized carbons (Fsp3) is 0.312. The number of fused-ring (bicyclic) bond motifs is 1. The molecule has 3 nitrogen and oxygen atoms in total. The van der Waals surface area contributed by atoms with Crippen LogP contribution in [0.15, 0.2) is 42.6 Å². The minimum atomic E-state index is 0.877. The van der Waals surface area contributed by atoms with Crippen LogP contribution in [0.2, 0.25) is 0 Å². The van der Waals surface area contributed by atoms with Crippen molar-refractivity contribution in [3.8, 4) is 0 Å². The molecule has 0 aliphatic carbocycles. The standard InChI is InChI=1S/C16H19N3/c1-17-8-13-6-7-16(18-9-13)12-19-10-14-4-2-3-5-15(14)11-19/h2-7,9,17H,8,10-12H2,1H3. The van der Waals surface area contributed by atoms with Crippen molar-refractivity contribution in [1.29, 1.82) is 0 Å². The Morgan fingerprint density at radius 1 is 1.11 bits per heavy atom. The van der Waals surface area contributed by atoms with Crippen LogP contribution < -0.4 is 5.32 Å². The first-order chi connectivity index (χ1) is 9.35. The van der Waals surface area contributed by atoms with Crippen LogP contribution >= 0.6 is 0 Å². The lowest BCUT2D eigenvalue weighted by atomic mass is 10.1. The van der Waals surface area contributed by atoms with Gasteiger partial charge in [-0.15, -0.1) is 0 Å². The van der Waals surface area contributed by atoms with Crippen molar-refractivity contribution in [3.63, 3.8) is 0 Å². The van der Waals surface area contributed by atoms with Gasteiger partial charge in [0.05, 0.1) is 5.69 Å². The molecule has 0 unspecified atom stereocenters. The van der Waals surface area contributed by atoms with Crippen LogP contribution in [-0.4, -0.2) is 16.9 Å². The Morgan fingerprint density at radius 3 is 2.42 bits per heavy atom. The van der Waals surface area contributed by atoms with Crippen molar-refractivity contribution >= 4 is 0 Å². The third-order valence-electron chi connectivity index (χ3n) is 3.56. The summed E-state index contributed by atoms with van der Waals surface area (Å²) >= 11 is 0. The predicted molar refractivity (Wildman–Crippen MR) is 76.4 cm³/mol. The molecule has 98 valence electrons. The van der Waals surface area contributed by atoms with Gasteiger partial charge in [0.25, 0.3) is 0 Å². The van der Waals surface area contributed by atoms with Crippen molar-refractivity contribution in [2.45, 2.75) is 26.2 Å². The van der Waals surface area contributed by atoms with Gasteiger partial charge in [-0.3, -0.25) is 9.88 Å². The number of nitrogens with zero attached hydrogens (tertiary/aromatic N) is 2. The zero-order valence-corrected chi connectivity index (χ0v) is 11.3. The minimum absolute atomic E-state index is 0.877. The summed E-state index contributed by atoms with van der Waals surface area (Å²) < 4.78 is 0. The summed E-state index contributed by atoms with van der Waals surface area (Å²) in [5.41, 5.74) is 5.28. The highest BCUT2D eigenvalue weighted by atomic mass is 15.1. The first kappa shape index (κ1) is 12.3. The van der Waals surface area contributed by atoms with E-state index in [-0.39, 0.29) is 0 Å². The predicted octanol–water partition coefficient (Wildman–Crippen LogP) is 2.32. The fourth-order valence-electron chi connectivity index (χ4n) is 2.60. The zero-order valence-electron chi connectivity index (χ0n) is 11.3. The molecule has 0 bridgehead atoms. The van der Waals surface area contributed by atoms with E-state index in [1.807, 2.05) is 13.2 Å². The van der Waals surface area contributed by atoms with E-state index in [1.165, 1.54) is 16.7 Å². The maximum atomic E-state index is 4.54. The van der Waals surface area contributed by atoms with Gasteiger partial charge in [0.15, 0.2) is 0 Å². The van der Waals surface area contributed by atoms with Gasteiger partial charge in [-0.25, -0.2) is 0 Å². The van der Waals surface area contributed by atoms with Crippen LogP contribution in [0.3, 0.4) is 0 Å². The normalized spacial score (nSPS) is 14.6. The molecule has 1 aliphatic heterocycles. The SMILES string of the molecule is CNCc1ccc(CN2Cc3ccccc3C2)nc1. The Kier molecular flexibility index (Phi) is 3.58.